The van der Waals surface area contributed by atoms with Gasteiger partial charge in [-0.25, -0.2) is 9.97 Å². The molecule has 0 saturated carbocycles. The zero-order chi connectivity index (χ0) is 31.8. The summed E-state index contributed by atoms with van der Waals surface area (Å²) in [7, 11) is 3.36. The maximum absolute atomic E-state index is 13.6. The first-order chi connectivity index (χ1) is 20.7. The Bertz CT molecular complexity index is 1800. The summed E-state index contributed by atoms with van der Waals surface area (Å²) < 4.78 is 97.9. The molecule has 0 saturated heterocycles. The summed E-state index contributed by atoms with van der Waals surface area (Å²) in [6.45, 7) is 3.00. The van der Waals surface area contributed by atoms with E-state index in [1.165, 1.54) is 23.6 Å². The Balaban J connectivity index is 1.72. The second kappa shape index (κ2) is 11.9. The number of hydrogen-bond donors (Lipinski definition) is 0. The average Bonchev–Trinajstić information content (AvgIpc) is 3.55. The highest BCUT2D eigenvalue weighted by atomic mass is 32.2. The van der Waals surface area contributed by atoms with Gasteiger partial charge in [-0.3, -0.25) is 4.31 Å². The van der Waals surface area contributed by atoms with E-state index < -0.39 is 24.0 Å². The second-order valence-corrected chi connectivity index (χ2v) is 10.6. The number of benzene rings is 3. The first kappa shape index (κ1) is 31.0. The molecule has 0 atom stereocenters. The molecule has 0 radical (unpaired) electrons. The van der Waals surface area contributed by atoms with Crippen LogP contribution in [-0.2, 0) is 10.4 Å². The summed E-state index contributed by atoms with van der Waals surface area (Å²) in [6, 6.07) is 17.8. The van der Waals surface area contributed by atoms with Gasteiger partial charge in [-0.1, -0.05) is 30.3 Å². The first-order valence-corrected chi connectivity index (χ1v) is 13.6. The Morgan fingerprint density at radius 1 is 0.864 bits per heavy atom. The summed E-state index contributed by atoms with van der Waals surface area (Å²) in [5.74, 6) is -0.118. The number of rotatable bonds is 8. The molecule has 0 aliphatic carbocycles. The lowest BCUT2D eigenvalue weighted by molar-refractivity contribution is -0.274. The molecule has 0 fully saturated rings. The lowest BCUT2D eigenvalue weighted by Gasteiger charge is -2.17. The van der Waals surface area contributed by atoms with E-state index in [1.807, 2.05) is 31.3 Å². The van der Waals surface area contributed by atoms with Gasteiger partial charge in [-0.15, -0.1) is 13.2 Å². The third-order valence-corrected chi connectivity index (χ3v) is 7.06. The van der Waals surface area contributed by atoms with E-state index in [0.717, 1.165) is 41.8 Å². The monoisotopic (exact) mass is 634 g/mol. The molecule has 5 aromatic rings. The largest absolute Gasteiger partial charge is 0.573 e. The molecule has 0 aliphatic heterocycles. The fourth-order valence-electron chi connectivity index (χ4n) is 4.64. The molecule has 5 rings (SSSR count). The Labute approximate surface area is 252 Å². The summed E-state index contributed by atoms with van der Waals surface area (Å²) in [6.07, 6.45) is -8.72. The predicted molar refractivity (Wildman–Crippen MR) is 154 cm³/mol. The number of hydrogen-bond acceptors (Lipinski definition) is 7. The van der Waals surface area contributed by atoms with E-state index in [2.05, 4.69) is 14.7 Å². The molecule has 3 aromatic carbocycles. The highest BCUT2D eigenvalue weighted by Gasteiger charge is 2.35. The molecule has 230 valence electrons. The van der Waals surface area contributed by atoms with Gasteiger partial charge >= 0.3 is 12.5 Å². The van der Waals surface area contributed by atoms with Gasteiger partial charge in [0.2, 0.25) is 0 Å². The van der Waals surface area contributed by atoms with Gasteiger partial charge in [-0.05, 0) is 54.4 Å². The molecule has 2 heterocycles. The number of nitrogens with zero attached hydrogens (tertiary/aromatic N) is 4. The lowest BCUT2D eigenvalue weighted by Crippen LogP contribution is -2.17. The van der Waals surface area contributed by atoms with Crippen molar-refractivity contribution in [2.24, 2.45) is 0 Å². The minimum absolute atomic E-state index is 0.0638. The van der Waals surface area contributed by atoms with Gasteiger partial charge < -0.3 is 17.9 Å². The van der Waals surface area contributed by atoms with Gasteiger partial charge in [-0.2, -0.15) is 13.2 Å². The standard InChI is InChI=1S/C30H24F6N4O3S/c1-17-37-26(29(31,32)33)16-40(17)25-12-11-20(19-7-5-9-22(13-19)39(3)44-41-4)15-24(25)27-28(42-18(2)38-27)21-8-6-10-23(14-21)43-30(34,35)36/h5-16H,1-4H3. The lowest BCUT2D eigenvalue weighted by atomic mass is 9.97. The van der Waals surface area contributed by atoms with Crippen LogP contribution in [0.25, 0.3) is 39.4 Å². The van der Waals surface area contributed by atoms with Crippen molar-refractivity contribution >= 4 is 17.9 Å². The van der Waals surface area contributed by atoms with Gasteiger partial charge in [0.15, 0.2) is 17.3 Å². The topological polar surface area (TPSA) is 65.5 Å². The van der Waals surface area contributed by atoms with E-state index in [9.17, 15) is 26.3 Å². The molecular weight excluding hydrogens is 610 g/mol. The molecule has 0 amide bonds. The number of oxazole rings is 1. The Morgan fingerprint density at radius 3 is 2.25 bits per heavy atom. The highest BCUT2D eigenvalue weighted by Crippen LogP contribution is 2.41. The fraction of sp³-hybridized carbons (Fsp3) is 0.200. The van der Waals surface area contributed by atoms with Crippen LogP contribution in [0.1, 0.15) is 17.4 Å². The van der Waals surface area contributed by atoms with Crippen LogP contribution in [-0.4, -0.2) is 35.1 Å². The molecule has 7 nitrogen and oxygen atoms in total. The minimum atomic E-state index is -4.92. The van der Waals surface area contributed by atoms with Crippen molar-refractivity contribution < 1.29 is 39.7 Å². The van der Waals surface area contributed by atoms with Crippen molar-refractivity contribution in [3.05, 3.63) is 90.3 Å². The third-order valence-electron chi connectivity index (χ3n) is 6.48. The smallest absolute Gasteiger partial charge is 0.440 e. The van der Waals surface area contributed by atoms with Crippen molar-refractivity contribution in [1.82, 2.24) is 14.5 Å². The van der Waals surface area contributed by atoms with Crippen LogP contribution in [0, 0.1) is 13.8 Å². The fourth-order valence-corrected chi connectivity index (χ4v) is 5.07. The van der Waals surface area contributed by atoms with Gasteiger partial charge in [0.1, 0.15) is 29.5 Å². The average molecular weight is 635 g/mol. The van der Waals surface area contributed by atoms with Crippen molar-refractivity contribution in [2.45, 2.75) is 26.4 Å². The van der Waals surface area contributed by atoms with Crippen LogP contribution in [0.5, 0.6) is 5.75 Å². The van der Waals surface area contributed by atoms with Crippen LogP contribution < -0.4 is 9.04 Å². The summed E-state index contributed by atoms with van der Waals surface area (Å²) >= 11 is 1.13. The third kappa shape index (κ3) is 6.70. The maximum atomic E-state index is 13.6. The van der Waals surface area contributed by atoms with Crippen LogP contribution in [0.2, 0.25) is 0 Å². The summed E-state index contributed by atoms with van der Waals surface area (Å²) in [5.41, 5.74) is 2.29. The Morgan fingerprint density at radius 2 is 1.57 bits per heavy atom. The van der Waals surface area contributed by atoms with E-state index in [-0.39, 0.29) is 28.7 Å². The van der Waals surface area contributed by atoms with Gasteiger partial charge in [0.25, 0.3) is 0 Å². The van der Waals surface area contributed by atoms with E-state index in [0.29, 0.717) is 16.8 Å². The number of ether oxygens (including phenoxy) is 1. The number of aromatic nitrogens is 3. The predicted octanol–water partition coefficient (Wildman–Crippen LogP) is 9.04. The van der Waals surface area contributed by atoms with Crippen molar-refractivity contribution in [2.75, 3.05) is 18.5 Å². The normalized spacial score (nSPS) is 12.0. The molecule has 44 heavy (non-hydrogen) atoms. The van der Waals surface area contributed by atoms with Gasteiger partial charge in [0.05, 0.1) is 12.8 Å². The highest BCUT2D eigenvalue weighted by molar-refractivity contribution is 7.96. The molecule has 2 aromatic heterocycles. The molecule has 0 N–H and O–H groups in total. The molecule has 0 unspecified atom stereocenters. The zero-order valence-electron chi connectivity index (χ0n) is 23.6. The number of imidazole rings is 1. The quantitative estimate of drug-likeness (QED) is 0.0959. The van der Waals surface area contributed by atoms with E-state index >= 15 is 0 Å². The van der Waals surface area contributed by atoms with Crippen LogP contribution in [0.15, 0.2) is 77.3 Å². The Kier molecular flexibility index (Phi) is 8.40. The molecule has 0 spiro atoms. The van der Waals surface area contributed by atoms with Gasteiger partial charge in [0, 0.05) is 37.0 Å². The van der Waals surface area contributed by atoms with E-state index in [1.54, 1.807) is 36.5 Å². The number of aryl methyl sites for hydroxylation is 2. The number of halogens is 6. The molecule has 0 aliphatic rings. The van der Waals surface area contributed by atoms with Crippen LogP contribution in [0.3, 0.4) is 0 Å². The van der Waals surface area contributed by atoms with Crippen LogP contribution in [0.4, 0.5) is 32.0 Å². The van der Waals surface area contributed by atoms with Crippen molar-refractivity contribution in [1.29, 1.82) is 0 Å². The maximum Gasteiger partial charge on any atom is 0.573 e. The zero-order valence-corrected chi connectivity index (χ0v) is 24.4. The molecule has 0 bridgehead atoms. The molecule has 14 heteroatoms. The number of alkyl halides is 6. The summed E-state index contributed by atoms with van der Waals surface area (Å²) in [5, 5.41) is 0. The first-order valence-electron chi connectivity index (χ1n) is 12.9. The second-order valence-electron chi connectivity index (χ2n) is 9.55. The number of anilines is 1. The summed E-state index contributed by atoms with van der Waals surface area (Å²) in [4.78, 5) is 8.23. The van der Waals surface area contributed by atoms with Crippen molar-refractivity contribution in [3.8, 4) is 45.1 Å². The van der Waals surface area contributed by atoms with Crippen molar-refractivity contribution in [3.63, 3.8) is 0 Å². The SMILES string of the molecule is COSN(C)c1cccc(-c2ccc(-n3cc(C(F)(F)F)nc3C)c(-c3nc(C)oc3-c3cccc(OC(F)(F)F)c3)c2)c1. The van der Waals surface area contributed by atoms with Crippen LogP contribution >= 0.6 is 12.2 Å². The van der Waals surface area contributed by atoms with E-state index in [4.69, 9.17) is 8.60 Å². The minimum Gasteiger partial charge on any atom is -0.440 e. The molecular formula is C30H24F6N4O3S. The Hall–Kier alpha value is -4.43.